The van der Waals surface area contributed by atoms with Gasteiger partial charge in [0.1, 0.15) is 5.82 Å². The van der Waals surface area contributed by atoms with E-state index in [1.54, 1.807) is 18.2 Å². The summed E-state index contributed by atoms with van der Waals surface area (Å²) >= 11 is 1.40. The maximum absolute atomic E-state index is 14.7. The zero-order valence-electron chi connectivity index (χ0n) is 15.3. The molecule has 5 nitrogen and oxygen atoms in total. The van der Waals surface area contributed by atoms with Crippen LogP contribution >= 0.6 is 11.8 Å². The summed E-state index contributed by atoms with van der Waals surface area (Å²) in [5.41, 5.74) is -1.16. The van der Waals surface area contributed by atoms with Crippen LogP contribution in [0.1, 0.15) is 45.6 Å². The van der Waals surface area contributed by atoms with Gasteiger partial charge in [0.15, 0.2) is 5.17 Å². The van der Waals surface area contributed by atoms with E-state index in [0.717, 1.165) is 6.42 Å². The molecule has 2 N–H and O–H groups in total. The molecule has 2 aliphatic rings. The molecule has 1 aliphatic carbocycles. The molecule has 0 aromatic heterocycles. The number of hydrogen-bond acceptors (Lipinski definition) is 4. The lowest BCUT2D eigenvalue weighted by Gasteiger charge is -2.48. The van der Waals surface area contributed by atoms with E-state index in [0.29, 0.717) is 29.3 Å². The molecule has 26 heavy (non-hydrogen) atoms. The largest absolute Gasteiger partial charge is 0.465 e. The highest BCUT2D eigenvalue weighted by molar-refractivity contribution is 8.13. The molecular formula is C19H25FN2O3S. The molecular weight excluding hydrogens is 355 g/mol. The Bertz CT molecular complexity index is 734. The molecule has 1 aromatic carbocycles. The van der Waals surface area contributed by atoms with Crippen LogP contribution < -0.4 is 0 Å². The van der Waals surface area contributed by atoms with Crippen LogP contribution in [0.25, 0.3) is 0 Å². The minimum atomic E-state index is -1.08. The quantitative estimate of drug-likeness (QED) is 0.770. The highest BCUT2D eigenvalue weighted by atomic mass is 32.2. The van der Waals surface area contributed by atoms with Gasteiger partial charge in [-0.05, 0) is 45.6 Å². The summed E-state index contributed by atoms with van der Waals surface area (Å²) in [6.07, 6.45) is 0.0465. The monoisotopic (exact) mass is 380 g/mol. The Hall–Kier alpha value is -1.60. The van der Waals surface area contributed by atoms with Gasteiger partial charge < -0.3 is 10.2 Å². The Labute approximate surface area is 157 Å². The zero-order chi connectivity index (χ0) is 19.1. The Morgan fingerprint density at radius 3 is 2.65 bits per heavy atom. The molecule has 0 saturated heterocycles. The molecule has 0 spiro atoms. The number of halogens is 1. The van der Waals surface area contributed by atoms with Crippen LogP contribution in [0.2, 0.25) is 0 Å². The lowest BCUT2D eigenvalue weighted by Crippen LogP contribution is -2.53. The summed E-state index contributed by atoms with van der Waals surface area (Å²) in [7, 11) is 0. The third kappa shape index (κ3) is 3.34. The average Bonchev–Trinajstić information content (AvgIpc) is 2.53. The van der Waals surface area contributed by atoms with E-state index >= 15 is 0 Å². The van der Waals surface area contributed by atoms with E-state index in [-0.39, 0.29) is 11.7 Å². The third-order valence-corrected chi connectivity index (χ3v) is 6.27. The number of amides is 1. The molecule has 0 radical (unpaired) electrons. The maximum atomic E-state index is 14.7. The van der Waals surface area contributed by atoms with Gasteiger partial charge in [0, 0.05) is 23.3 Å². The van der Waals surface area contributed by atoms with Gasteiger partial charge in [0.2, 0.25) is 0 Å². The van der Waals surface area contributed by atoms with Crippen molar-refractivity contribution in [2.24, 2.45) is 10.9 Å². The van der Waals surface area contributed by atoms with Crippen molar-refractivity contribution in [1.82, 2.24) is 4.90 Å². The summed E-state index contributed by atoms with van der Waals surface area (Å²) in [6.45, 7) is 5.42. The van der Waals surface area contributed by atoms with Crippen molar-refractivity contribution in [2.45, 2.75) is 57.2 Å². The fraction of sp³-hybridized carbons (Fsp3) is 0.579. The number of amidine groups is 1. The first-order valence-electron chi connectivity index (χ1n) is 8.84. The molecule has 1 aliphatic heterocycles. The summed E-state index contributed by atoms with van der Waals surface area (Å²) in [5, 5.41) is 20.4. The predicted molar refractivity (Wildman–Crippen MR) is 101 cm³/mol. The van der Waals surface area contributed by atoms with Crippen molar-refractivity contribution in [2.75, 3.05) is 5.75 Å². The van der Waals surface area contributed by atoms with Gasteiger partial charge >= 0.3 is 6.09 Å². The van der Waals surface area contributed by atoms with E-state index in [2.05, 4.69) is 0 Å². The zero-order valence-corrected chi connectivity index (χ0v) is 16.1. The predicted octanol–water partition coefficient (Wildman–Crippen LogP) is 4.06. The van der Waals surface area contributed by atoms with E-state index in [1.807, 2.05) is 20.8 Å². The van der Waals surface area contributed by atoms with Crippen molar-refractivity contribution in [1.29, 1.82) is 0 Å². The number of fused-ring (bicyclic) bond motifs is 1. The Kier molecular flexibility index (Phi) is 5.05. The molecule has 7 heteroatoms. The van der Waals surface area contributed by atoms with Crippen molar-refractivity contribution >= 4 is 23.0 Å². The van der Waals surface area contributed by atoms with Gasteiger partial charge in [-0.2, -0.15) is 0 Å². The van der Waals surface area contributed by atoms with Crippen molar-refractivity contribution in [3.05, 3.63) is 35.6 Å². The molecule has 1 heterocycles. The molecule has 1 amide bonds. The minimum Gasteiger partial charge on any atom is -0.465 e. The highest BCUT2D eigenvalue weighted by Crippen LogP contribution is 2.50. The summed E-state index contributed by atoms with van der Waals surface area (Å²) in [6, 6.07) is 6.50. The van der Waals surface area contributed by atoms with Gasteiger partial charge in [-0.1, -0.05) is 30.0 Å². The van der Waals surface area contributed by atoms with E-state index in [4.69, 9.17) is 4.99 Å². The Balaban J connectivity index is 2.17. The third-order valence-electron chi connectivity index (χ3n) is 5.17. The van der Waals surface area contributed by atoms with Gasteiger partial charge in [-0.3, -0.25) is 4.90 Å². The van der Waals surface area contributed by atoms with E-state index in [1.165, 1.54) is 22.7 Å². The number of hydrogen-bond donors (Lipinski definition) is 2. The number of carboxylic acid groups (broad SMARTS) is 1. The number of thioether (sulfide) groups is 1. The maximum Gasteiger partial charge on any atom is 0.413 e. The number of rotatable bonds is 1. The van der Waals surface area contributed by atoms with Gasteiger partial charge in [0.25, 0.3) is 0 Å². The SMILES string of the molecule is CC(C)(C)N(C(=O)O)C1=N[C@@]2(c3ccccc3F)C[C@H](O)CC[C@H]2CS1. The number of aliphatic hydroxyl groups excluding tert-OH is 1. The van der Waals surface area contributed by atoms with Crippen molar-refractivity contribution < 1.29 is 19.4 Å². The van der Waals surface area contributed by atoms with Crippen LogP contribution in [0.15, 0.2) is 29.3 Å². The first kappa shape index (κ1) is 19.2. The van der Waals surface area contributed by atoms with E-state index < -0.39 is 23.3 Å². The fourth-order valence-corrected chi connectivity index (χ4v) is 5.47. The normalized spacial score (nSPS) is 28.9. The molecule has 1 saturated carbocycles. The van der Waals surface area contributed by atoms with Gasteiger partial charge in [0.05, 0.1) is 11.6 Å². The molecule has 0 bridgehead atoms. The second-order valence-electron chi connectivity index (χ2n) is 8.03. The Morgan fingerprint density at radius 2 is 2.04 bits per heavy atom. The summed E-state index contributed by atoms with van der Waals surface area (Å²) < 4.78 is 14.7. The number of carbonyl (C=O) groups is 1. The van der Waals surface area contributed by atoms with Gasteiger partial charge in [-0.25, -0.2) is 14.2 Å². The molecule has 1 fully saturated rings. The minimum absolute atomic E-state index is 0.0622. The van der Waals surface area contributed by atoms with Crippen LogP contribution in [0, 0.1) is 11.7 Å². The van der Waals surface area contributed by atoms with Crippen LogP contribution in [0.3, 0.4) is 0 Å². The molecule has 0 unspecified atom stereocenters. The second-order valence-corrected chi connectivity index (χ2v) is 9.02. The fourth-order valence-electron chi connectivity index (χ4n) is 3.97. The first-order chi connectivity index (χ1) is 12.1. The van der Waals surface area contributed by atoms with Crippen molar-refractivity contribution in [3.8, 4) is 0 Å². The number of aliphatic imine (C=N–C) groups is 1. The number of benzene rings is 1. The first-order valence-corrected chi connectivity index (χ1v) is 9.82. The van der Waals surface area contributed by atoms with Crippen LogP contribution in [0.4, 0.5) is 9.18 Å². The lowest BCUT2D eigenvalue weighted by molar-refractivity contribution is 0.0549. The molecule has 1 aromatic rings. The average molecular weight is 380 g/mol. The standard InChI is InChI=1S/C19H25FN2O3S/c1-18(2,3)22(17(24)25)16-21-19(14-6-4-5-7-15(14)20)10-13(23)9-8-12(19)11-26-16/h4-7,12-13,23H,8-11H2,1-3H3,(H,24,25)/t12-,13+,19-/m0/s1. The summed E-state index contributed by atoms with van der Waals surface area (Å²) in [4.78, 5) is 18.0. The highest BCUT2D eigenvalue weighted by Gasteiger charge is 2.50. The van der Waals surface area contributed by atoms with Crippen LogP contribution in [-0.4, -0.2) is 43.8 Å². The summed E-state index contributed by atoms with van der Waals surface area (Å²) in [5.74, 6) is 0.353. The van der Waals surface area contributed by atoms with Gasteiger partial charge in [-0.15, -0.1) is 0 Å². The Morgan fingerprint density at radius 1 is 1.35 bits per heavy atom. The second kappa shape index (κ2) is 6.85. The van der Waals surface area contributed by atoms with Crippen molar-refractivity contribution in [3.63, 3.8) is 0 Å². The molecule has 142 valence electrons. The number of nitrogens with zero attached hydrogens (tertiary/aromatic N) is 2. The lowest BCUT2D eigenvalue weighted by atomic mass is 9.68. The van der Waals surface area contributed by atoms with Crippen LogP contribution in [-0.2, 0) is 5.54 Å². The van der Waals surface area contributed by atoms with Crippen LogP contribution in [0.5, 0.6) is 0 Å². The van der Waals surface area contributed by atoms with E-state index in [9.17, 15) is 19.4 Å². The molecule has 3 atom stereocenters. The number of aliphatic hydroxyl groups is 1. The topological polar surface area (TPSA) is 73.1 Å². The molecule has 3 rings (SSSR count). The smallest absolute Gasteiger partial charge is 0.413 e.